The van der Waals surface area contributed by atoms with Crippen LogP contribution in [0.3, 0.4) is 0 Å². The summed E-state index contributed by atoms with van der Waals surface area (Å²) in [6, 6.07) is 5.95. The number of nitrogens with zero attached hydrogens (tertiary/aromatic N) is 5. The van der Waals surface area contributed by atoms with Crippen molar-refractivity contribution in [1.29, 1.82) is 0 Å². The van der Waals surface area contributed by atoms with Gasteiger partial charge in [-0.1, -0.05) is 13.8 Å². The Bertz CT molecular complexity index is 1030. The van der Waals surface area contributed by atoms with E-state index in [0.717, 1.165) is 28.1 Å². The molecule has 0 aliphatic rings. The average Bonchev–Trinajstić information content (AvgIpc) is 3.23. The predicted molar refractivity (Wildman–Crippen MR) is 93.6 cm³/mol. The van der Waals surface area contributed by atoms with Gasteiger partial charge < -0.3 is 9.15 Å². The molecule has 7 nitrogen and oxygen atoms in total. The van der Waals surface area contributed by atoms with E-state index < -0.39 is 0 Å². The van der Waals surface area contributed by atoms with Crippen LogP contribution in [-0.2, 0) is 0 Å². The van der Waals surface area contributed by atoms with Crippen molar-refractivity contribution in [2.24, 2.45) is 0 Å². The van der Waals surface area contributed by atoms with Gasteiger partial charge in [-0.3, -0.25) is 4.40 Å². The van der Waals surface area contributed by atoms with Gasteiger partial charge in [-0.2, -0.15) is 0 Å². The third kappa shape index (κ3) is 2.71. The number of rotatable bonds is 4. The molecular weight excluding hydrogens is 318 g/mol. The minimum absolute atomic E-state index is 0.0815. The van der Waals surface area contributed by atoms with E-state index >= 15 is 0 Å². The van der Waals surface area contributed by atoms with E-state index in [-0.39, 0.29) is 12.0 Å². The fourth-order valence-electron chi connectivity index (χ4n) is 2.75. The molecule has 0 atom stereocenters. The molecule has 0 aromatic carbocycles. The summed E-state index contributed by atoms with van der Waals surface area (Å²) in [7, 11) is 0. The van der Waals surface area contributed by atoms with Crippen molar-refractivity contribution < 1.29 is 9.15 Å². The van der Waals surface area contributed by atoms with Gasteiger partial charge in [0, 0.05) is 18.0 Å². The SMILES string of the molecule is CC(C)Oc1cc(C(C)C)nc2c1ccc1nc(-c3nnco3)cn12. The molecule has 7 heteroatoms. The molecule has 4 aromatic rings. The summed E-state index contributed by atoms with van der Waals surface area (Å²) in [5, 5.41) is 8.59. The quantitative estimate of drug-likeness (QED) is 0.563. The van der Waals surface area contributed by atoms with E-state index in [1.807, 2.05) is 42.6 Å². The second-order valence-electron chi connectivity index (χ2n) is 6.54. The second kappa shape index (κ2) is 5.84. The summed E-state index contributed by atoms with van der Waals surface area (Å²) in [4.78, 5) is 9.40. The minimum Gasteiger partial charge on any atom is -0.490 e. The van der Waals surface area contributed by atoms with Crippen LogP contribution in [-0.4, -0.2) is 30.7 Å². The molecule has 4 rings (SSSR count). The van der Waals surface area contributed by atoms with Crippen molar-refractivity contribution in [3.8, 4) is 17.3 Å². The topological polar surface area (TPSA) is 78.3 Å². The van der Waals surface area contributed by atoms with Crippen molar-refractivity contribution in [2.45, 2.75) is 39.7 Å². The van der Waals surface area contributed by atoms with Gasteiger partial charge in [-0.05, 0) is 31.9 Å². The maximum atomic E-state index is 6.03. The number of fused-ring (bicyclic) bond motifs is 3. The highest BCUT2D eigenvalue weighted by molar-refractivity contribution is 5.85. The third-order valence-electron chi connectivity index (χ3n) is 3.91. The fraction of sp³-hybridized carbons (Fsp3) is 0.333. The first-order valence-corrected chi connectivity index (χ1v) is 8.29. The molecule has 0 bridgehead atoms. The number of pyridine rings is 2. The van der Waals surface area contributed by atoms with E-state index in [4.69, 9.17) is 14.1 Å². The molecular formula is C18H19N5O2. The third-order valence-corrected chi connectivity index (χ3v) is 3.91. The highest BCUT2D eigenvalue weighted by Crippen LogP contribution is 2.30. The van der Waals surface area contributed by atoms with Crippen LogP contribution >= 0.6 is 0 Å². The summed E-state index contributed by atoms with van der Waals surface area (Å²) in [6.07, 6.45) is 3.24. The summed E-state index contributed by atoms with van der Waals surface area (Å²) < 4.78 is 13.2. The smallest absolute Gasteiger partial charge is 0.267 e. The lowest BCUT2D eigenvalue weighted by Gasteiger charge is -2.15. The molecule has 0 fully saturated rings. The highest BCUT2D eigenvalue weighted by Gasteiger charge is 2.16. The normalized spacial score (nSPS) is 11.9. The van der Waals surface area contributed by atoms with Crippen molar-refractivity contribution >= 4 is 16.7 Å². The van der Waals surface area contributed by atoms with Gasteiger partial charge >= 0.3 is 0 Å². The zero-order valence-electron chi connectivity index (χ0n) is 14.6. The van der Waals surface area contributed by atoms with E-state index in [0.29, 0.717) is 11.6 Å². The molecule has 4 heterocycles. The Hall–Kier alpha value is -2.96. The van der Waals surface area contributed by atoms with Gasteiger partial charge in [0.05, 0.1) is 11.5 Å². The van der Waals surface area contributed by atoms with E-state index in [2.05, 4.69) is 29.0 Å². The van der Waals surface area contributed by atoms with Crippen LogP contribution in [0.25, 0.3) is 28.3 Å². The van der Waals surface area contributed by atoms with E-state index in [9.17, 15) is 0 Å². The van der Waals surface area contributed by atoms with Gasteiger partial charge in [0.1, 0.15) is 22.7 Å². The van der Waals surface area contributed by atoms with Crippen LogP contribution in [0, 0.1) is 0 Å². The number of hydrogen-bond acceptors (Lipinski definition) is 6. The molecule has 0 radical (unpaired) electrons. The molecule has 0 aliphatic heterocycles. The molecule has 25 heavy (non-hydrogen) atoms. The Kier molecular flexibility index (Phi) is 3.63. The first-order valence-electron chi connectivity index (χ1n) is 8.29. The first-order chi connectivity index (χ1) is 12.0. The van der Waals surface area contributed by atoms with Crippen molar-refractivity contribution in [3.05, 3.63) is 36.5 Å². The van der Waals surface area contributed by atoms with Gasteiger partial charge in [0.2, 0.25) is 6.39 Å². The lowest BCUT2D eigenvalue weighted by atomic mass is 10.1. The second-order valence-corrected chi connectivity index (χ2v) is 6.54. The Morgan fingerprint density at radius 3 is 2.64 bits per heavy atom. The zero-order valence-corrected chi connectivity index (χ0v) is 14.6. The molecule has 4 aromatic heterocycles. The standard InChI is InChI=1S/C18H19N5O2/c1-10(2)13-7-15(25-11(3)4)12-5-6-16-20-14(18-22-19-9-24-18)8-23(16)17(12)21-13/h5-11H,1-4H3. The van der Waals surface area contributed by atoms with Crippen molar-refractivity contribution in [1.82, 2.24) is 24.6 Å². The molecule has 0 saturated heterocycles. The van der Waals surface area contributed by atoms with E-state index in [1.165, 1.54) is 6.39 Å². The monoisotopic (exact) mass is 337 g/mol. The molecule has 0 amide bonds. The predicted octanol–water partition coefficient (Wildman–Crippen LogP) is 3.84. The lowest BCUT2D eigenvalue weighted by molar-refractivity contribution is 0.245. The largest absolute Gasteiger partial charge is 0.490 e. The summed E-state index contributed by atoms with van der Waals surface area (Å²) in [5.74, 6) is 1.50. The molecule has 128 valence electrons. The number of ether oxygens (including phenoxy) is 1. The van der Waals surface area contributed by atoms with Crippen molar-refractivity contribution in [3.63, 3.8) is 0 Å². The number of hydrogen-bond donors (Lipinski definition) is 0. The fourth-order valence-corrected chi connectivity index (χ4v) is 2.75. The minimum atomic E-state index is 0.0815. The Labute approximate surface area is 144 Å². The summed E-state index contributed by atoms with van der Waals surface area (Å²) in [6.45, 7) is 8.27. The molecule has 0 spiro atoms. The Morgan fingerprint density at radius 2 is 1.96 bits per heavy atom. The van der Waals surface area contributed by atoms with Crippen LogP contribution < -0.4 is 4.74 Å². The van der Waals surface area contributed by atoms with Gasteiger partial charge in [-0.25, -0.2) is 9.97 Å². The average molecular weight is 337 g/mol. The molecule has 0 aliphatic carbocycles. The van der Waals surface area contributed by atoms with Gasteiger partial charge in [0.25, 0.3) is 5.89 Å². The summed E-state index contributed by atoms with van der Waals surface area (Å²) in [5.41, 5.74) is 3.17. The molecule has 0 saturated carbocycles. The number of aromatic nitrogens is 5. The Balaban J connectivity index is 2.00. The number of imidazole rings is 1. The van der Waals surface area contributed by atoms with Gasteiger partial charge in [0.15, 0.2) is 0 Å². The molecule has 0 unspecified atom stereocenters. The van der Waals surface area contributed by atoms with Gasteiger partial charge in [-0.15, -0.1) is 10.2 Å². The summed E-state index contributed by atoms with van der Waals surface area (Å²) >= 11 is 0. The van der Waals surface area contributed by atoms with Crippen LogP contribution in [0.5, 0.6) is 5.75 Å². The highest BCUT2D eigenvalue weighted by atomic mass is 16.5. The van der Waals surface area contributed by atoms with Crippen LogP contribution in [0.4, 0.5) is 0 Å². The van der Waals surface area contributed by atoms with E-state index in [1.54, 1.807) is 0 Å². The maximum absolute atomic E-state index is 6.03. The zero-order chi connectivity index (χ0) is 17.6. The lowest BCUT2D eigenvalue weighted by Crippen LogP contribution is -2.08. The van der Waals surface area contributed by atoms with Crippen molar-refractivity contribution in [2.75, 3.05) is 0 Å². The maximum Gasteiger partial charge on any atom is 0.267 e. The van der Waals surface area contributed by atoms with Crippen LogP contribution in [0.2, 0.25) is 0 Å². The van der Waals surface area contributed by atoms with Crippen LogP contribution in [0.1, 0.15) is 39.3 Å². The molecule has 0 N–H and O–H groups in total. The van der Waals surface area contributed by atoms with Crippen LogP contribution in [0.15, 0.2) is 35.2 Å². The first kappa shape index (κ1) is 15.6. The Morgan fingerprint density at radius 1 is 1.12 bits per heavy atom.